The van der Waals surface area contributed by atoms with Gasteiger partial charge in [-0.05, 0) is 33.6 Å². The van der Waals surface area contributed by atoms with Gasteiger partial charge in [0, 0.05) is 12.6 Å². The number of nitrogens with one attached hydrogen (secondary N) is 1. The van der Waals surface area contributed by atoms with Crippen molar-refractivity contribution >= 4 is 33.2 Å². The van der Waals surface area contributed by atoms with E-state index in [0.717, 1.165) is 6.07 Å². The maximum atomic E-state index is 13.5. The Balaban J connectivity index is 2.19. The maximum absolute atomic E-state index is 13.5. The molecule has 6 heteroatoms. The molecule has 1 N–H and O–H groups in total. The molecule has 0 aliphatic heterocycles. The lowest BCUT2D eigenvalue weighted by Gasteiger charge is -2.10. The van der Waals surface area contributed by atoms with E-state index in [4.69, 9.17) is 11.6 Å². The molecule has 0 aliphatic carbocycles. The fourth-order valence-electron chi connectivity index (χ4n) is 1.53. The average molecular weight is 351 g/mol. The molecule has 0 saturated heterocycles. The smallest absolute Gasteiger partial charge is 0.149 e. The van der Waals surface area contributed by atoms with Crippen molar-refractivity contribution in [1.82, 2.24) is 0 Å². The minimum Gasteiger partial charge on any atom is -0.379 e. The molecule has 0 heterocycles. The highest BCUT2D eigenvalue weighted by atomic mass is 79.9. The molecule has 0 radical (unpaired) electrons. The summed E-state index contributed by atoms with van der Waals surface area (Å²) in [4.78, 5) is 0. The molecule has 0 bridgehead atoms. The fraction of sp³-hybridized carbons (Fsp3) is 0.0769. The van der Waals surface area contributed by atoms with E-state index in [1.807, 2.05) is 0 Å². The highest BCUT2D eigenvalue weighted by molar-refractivity contribution is 9.10. The molecule has 0 aromatic heterocycles. The molecule has 2 aromatic carbocycles. The lowest BCUT2D eigenvalue weighted by molar-refractivity contribution is 0.580. The normalized spacial score (nSPS) is 10.6. The van der Waals surface area contributed by atoms with Crippen molar-refractivity contribution < 1.29 is 13.2 Å². The lowest BCUT2D eigenvalue weighted by Crippen LogP contribution is -2.03. The third kappa shape index (κ3) is 3.22. The van der Waals surface area contributed by atoms with Gasteiger partial charge in [-0.1, -0.05) is 23.7 Å². The van der Waals surface area contributed by atoms with Crippen LogP contribution in [0.2, 0.25) is 5.02 Å². The minimum atomic E-state index is -0.728. The maximum Gasteiger partial charge on any atom is 0.149 e. The third-order valence-electron chi connectivity index (χ3n) is 2.51. The van der Waals surface area contributed by atoms with Crippen molar-refractivity contribution in [3.63, 3.8) is 0 Å². The molecule has 0 saturated carbocycles. The monoisotopic (exact) mass is 349 g/mol. The van der Waals surface area contributed by atoms with Crippen LogP contribution in [-0.4, -0.2) is 0 Å². The van der Waals surface area contributed by atoms with Gasteiger partial charge in [0.1, 0.15) is 17.5 Å². The first-order valence-corrected chi connectivity index (χ1v) is 6.47. The Labute approximate surface area is 121 Å². The Hall–Kier alpha value is -1.20. The molecule has 19 heavy (non-hydrogen) atoms. The second-order valence-electron chi connectivity index (χ2n) is 3.81. The first kappa shape index (κ1) is 14.2. The van der Waals surface area contributed by atoms with Crippen LogP contribution < -0.4 is 5.32 Å². The molecular weight excluding hydrogens is 343 g/mol. The first-order chi connectivity index (χ1) is 8.99. The summed E-state index contributed by atoms with van der Waals surface area (Å²) in [7, 11) is 0. The van der Waals surface area contributed by atoms with Crippen molar-refractivity contribution in [1.29, 1.82) is 0 Å². The summed E-state index contributed by atoms with van der Waals surface area (Å²) in [5.41, 5.74) is 0.593. The molecule has 0 amide bonds. The largest absolute Gasteiger partial charge is 0.379 e. The molecule has 0 fully saturated rings. The number of halogens is 5. The van der Waals surface area contributed by atoms with Gasteiger partial charge in [-0.25, -0.2) is 13.2 Å². The van der Waals surface area contributed by atoms with Crippen LogP contribution in [0.4, 0.5) is 18.9 Å². The van der Waals surface area contributed by atoms with Crippen molar-refractivity contribution in [3.05, 3.63) is 62.8 Å². The average Bonchev–Trinajstić information content (AvgIpc) is 2.37. The first-order valence-electron chi connectivity index (χ1n) is 5.30. The van der Waals surface area contributed by atoms with Gasteiger partial charge in [0.05, 0.1) is 15.2 Å². The Morgan fingerprint density at radius 2 is 1.79 bits per heavy atom. The van der Waals surface area contributed by atoms with E-state index in [1.165, 1.54) is 18.2 Å². The van der Waals surface area contributed by atoms with Crippen LogP contribution in [0, 0.1) is 17.5 Å². The van der Waals surface area contributed by atoms with Crippen molar-refractivity contribution in [2.24, 2.45) is 0 Å². The standard InChI is InChI=1S/C13H8BrClF3N/c14-8-4-12(11(18)5-10(8)17)19-6-7-2-1-3-9(16)13(7)15/h1-5,19H,6H2. The van der Waals surface area contributed by atoms with Gasteiger partial charge in [0.2, 0.25) is 0 Å². The van der Waals surface area contributed by atoms with Crippen LogP contribution in [0.15, 0.2) is 34.8 Å². The molecule has 0 unspecified atom stereocenters. The molecule has 0 aliphatic rings. The van der Waals surface area contributed by atoms with E-state index in [2.05, 4.69) is 21.2 Å². The molecule has 100 valence electrons. The molecule has 1 nitrogen and oxygen atoms in total. The van der Waals surface area contributed by atoms with Crippen molar-refractivity contribution in [2.45, 2.75) is 6.54 Å². The Bertz CT molecular complexity index is 619. The van der Waals surface area contributed by atoms with Crippen LogP contribution in [0.3, 0.4) is 0 Å². The summed E-state index contributed by atoms with van der Waals surface area (Å²) in [6, 6.07) is 6.41. The molecule has 0 atom stereocenters. The molecule has 2 rings (SSSR count). The number of anilines is 1. The van der Waals surface area contributed by atoms with Crippen LogP contribution in [0.1, 0.15) is 5.56 Å². The highest BCUT2D eigenvalue weighted by Gasteiger charge is 2.10. The summed E-state index contributed by atoms with van der Waals surface area (Å²) < 4.78 is 39.9. The third-order valence-corrected chi connectivity index (χ3v) is 3.54. The van der Waals surface area contributed by atoms with E-state index in [9.17, 15) is 13.2 Å². The second kappa shape index (κ2) is 5.84. The van der Waals surface area contributed by atoms with Crippen molar-refractivity contribution in [2.75, 3.05) is 5.32 Å². The SMILES string of the molecule is Fc1cc(F)c(NCc2cccc(F)c2Cl)cc1Br. The van der Waals surface area contributed by atoms with Crippen LogP contribution in [0.25, 0.3) is 0 Å². The summed E-state index contributed by atoms with van der Waals surface area (Å²) in [5, 5.41) is 2.73. The predicted octanol–water partition coefficient (Wildman–Crippen LogP) is 5.13. The molecule has 0 spiro atoms. The number of hydrogen-bond acceptors (Lipinski definition) is 1. The van der Waals surface area contributed by atoms with E-state index >= 15 is 0 Å². The van der Waals surface area contributed by atoms with Crippen molar-refractivity contribution in [3.8, 4) is 0 Å². The lowest BCUT2D eigenvalue weighted by atomic mass is 10.2. The van der Waals surface area contributed by atoms with Crippen LogP contribution in [-0.2, 0) is 6.54 Å². The van der Waals surface area contributed by atoms with Crippen LogP contribution >= 0.6 is 27.5 Å². The Morgan fingerprint density at radius 3 is 2.53 bits per heavy atom. The van der Waals surface area contributed by atoms with E-state index in [1.54, 1.807) is 6.07 Å². The number of hydrogen-bond donors (Lipinski definition) is 1. The number of rotatable bonds is 3. The van der Waals surface area contributed by atoms with E-state index < -0.39 is 17.5 Å². The zero-order valence-corrected chi connectivity index (χ0v) is 11.8. The molecular formula is C13H8BrClF3N. The Kier molecular flexibility index (Phi) is 4.37. The predicted molar refractivity (Wildman–Crippen MR) is 72.8 cm³/mol. The fourth-order valence-corrected chi connectivity index (χ4v) is 2.07. The molecule has 2 aromatic rings. The summed E-state index contributed by atoms with van der Waals surface area (Å²) in [6.07, 6.45) is 0. The second-order valence-corrected chi connectivity index (χ2v) is 5.04. The van der Waals surface area contributed by atoms with Gasteiger partial charge in [0.15, 0.2) is 0 Å². The summed E-state index contributed by atoms with van der Waals surface area (Å²) in [6.45, 7) is 0.131. The van der Waals surface area contributed by atoms with Gasteiger partial charge in [-0.3, -0.25) is 0 Å². The van der Waals surface area contributed by atoms with Gasteiger partial charge in [0.25, 0.3) is 0 Å². The van der Waals surface area contributed by atoms with E-state index in [0.29, 0.717) is 5.56 Å². The van der Waals surface area contributed by atoms with E-state index in [-0.39, 0.29) is 21.7 Å². The number of benzene rings is 2. The summed E-state index contributed by atoms with van der Waals surface area (Å²) in [5.74, 6) is -1.96. The quantitative estimate of drug-likeness (QED) is 0.757. The topological polar surface area (TPSA) is 12.0 Å². The minimum absolute atomic E-state index is 0.0171. The zero-order chi connectivity index (χ0) is 14.0. The van der Waals surface area contributed by atoms with Gasteiger partial charge in [-0.2, -0.15) is 0 Å². The van der Waals surface area contributed by atoms with Gasteiger partial charge in [-0.15, -0.1) is 0 Å². The zero-order valence-electron chi connectivity index (χ0n) is 9.48. The van der Waals surface area contributed by atoms with Gasteiger partial charge >= 0.3 is 0 Å². The Morgan fingerprint density at radius 1 is 1.05 bits per heavy atom. The highest BCUT2D eigenvalue weighted by Crippen LogP contribution is 2.25. The summed E-state index contributed by atoms with van der Waals surface area (Å²) >= 11 is 8.74. The van der Waals surface area contributed by atoms with Crippen LogP contribution in [0.5, 0.6) is 0 Å². The van der Waals surface area contributed by atoms with Gasteiger partial charge < -0.3 is 5.32 Å².